The summed E-state index contributed by atoms with van der Waals surface area (Å²) in [5.41, 5.74) is 5.03. The molecule has 0 saturated heterocycles. The quantitative estimate of drug-likeness (QED) is 0.528. The molecule has 2 heterocycles. The van der Waals surface area contributed by atoms with E-state index in [1.54, 1.807) is 0 Å². The molecule has 1 aliphatic heterocycles. The molecule has 0 saturated carbocycles. The number of hydrogen-bond donors (Lipinski definition) is 3. The number of nitrogens with zero attached hydrogens (tertiary/aromatic N) is 1. The molecule has 0 radical (unpaired) electrons. The van der Waals surface area contributed by atoms with Crippen molar-refractivity contribution in [3.8, 4) is 22.8 Å². The lowest BCUT2D eigenvalue weighted by molar-refractivity contribution is -0.116. The smallest absolute Gasteiger partial charge is 0.224 e. The van der Waals surface area contributed by atoms with Crippen molar-refractivity contribution in [3.05, 3.63) is 59.8 Å². The molecule has 4 rings (SSSR count). The van der Waals surface area contributed by atoms with Crippen LogP contribution < -0.4 is 20.1 Å². The number of hydrogen-bond acceptors (Lipinski definition) is 5. The summed E-state index contributed by atoms with van der Waals surface area (Å²) < 4.78 is 11.3. The van der Waals surface area contributed by atoms with Gasteiger partial charge in [0.2, 0.25) is 5.91 Å². The summed E-state index contributed by atoms with van der Waals surface area (Å²) in [6, 6.07) is 13.8. The lowest BCUT2D eigenvalue weighted by Crippen LogP contribution is -2.15. The average molecular weight is 406 g/mol. The minimum Gasteiger partial charge on any atom is -0.486 e. The van der Waals surface area contributed by atoms with Crippen LogP contribution in [0, 0.1) is 0 Å². The molecule has 30 heavy (non-hydrogen) atoms. The van der Waals surface area contributed by atoms with Crippen molar-refractivity contribution in [2.45, 2.75) is 32.9 Å². The maximum Gasteiger partial charge on any atom is 0.224 e. The Morgan fingerprint density at radius 1 is 1.07 bits per heavy atom. The number of amides is 1. The highest BCUT2D eigenvalue weighted by Crippen LogP contribution is 2.34. The van der Waals surface area contributed by atoms with Crippen LogP contribution in [-0.2, 0) is 17.9 Å². The molecule has 2 aromatic carbocycles. The highest BCUT2D eigenvalue weighted by atomic mass is 16.6. The zero-order chi connectivity index (χ0) is 20.8. The Bertz CT molecular complexity index is 998. The molecule has 0 aliphatic carbocycles. The monoisotopic (exact) mass is 406 g/mol. The van der Waals surface area contributed by atoms with Crippen LogP contribution in [0.2, 0.25) is 0 Å². The number of fused-ring (bicyclic) bond motifs is 1. The largest absolute Gasteiger partial charge is 0.486 e. The number of rotatable bonds is 8. The summed E-state index contributed by atoms with van der Waals surface area (Å²) in [6.07, 6.45) is 3.22. The van der Waals surface area contributed by atoms with Gasteiger partial charge in [-0.25, -0.2) is 0 Å². The van der Waals surface area contributed by atoms with Crippen LogP contribution >= 0.6 is 0 Å². The van der Waals surface area contributed by atoms with Crippen molar-refractivity contribution < 1.29 is 14.3 Å². The van der Waals surface area contributed by atoms with E-state index in [9.17, 15) is 4.79 Å². The van der Waals surface area contributed by atoms with Gasteiger partial charge in [0.1, 0.15) is 13.2 Å². The van der Waals surface area contributed by atoms with Gasteiger partial charge in [-0.2, -0.15) is 5.10 Å². The molecule has 0 bridgehead atoms. The summed E-state index contributed by atoms with van der Waals surface area (Å²) in [4.78, 5) is 11.7. The van der Waals surface area contributed by atoms with Crippen LogP contribution in [0.15, 0.2) is 48.7 Å². The zero-order valence-electron chi connectivity index (χ0n) is 17.0. The predicted molar refractivity (Wildman–Crippen MR) is 116 cm³/mol. The van der Waals surface area contributed by atoms with Crippen LogP contribution in [0.3, 0.4) is 0 Å². The normalized spacial score (nSPS) is 12.6. The molecule has 0 spiro atoms. The fourth-order valence-electron chi connectivity index (χ4n) is 3.39. The lowest BCUT2D eigenvalue weighted by Gasteiger charge is -2.18. The highest BCUT2D eigenvalue weighted by molar-refractivity contribution is 5.90. The minimum atomic E-state index is 0.0509. The fraction of sp³-hybridized carbons (Fsp3) is 0.304. The van der Waals surface area contributed by atoms with Crippen molar-refractivity contribution in [1.29, 1.82) is 0 Å². The Balaban J connectivity index is 1.34. The third-order valence-electron chi connectivity index (χ3n) is 4.91. The number of anilines is 1. The van der Waals surface area contributed by atoms with E-state index >= 15 is 0 Å². The number of H-pyrrole nitrogens is 1. The summed E-state index contributed by atoms with van der Waals surface area (Å²) >= 11 is 0. The van der Waals surface area contributed by atoms with Gasteiger partial charge in [0.05, 0.1) is 11.9 Å². The lowest BCUT2D eigenvalue weighted by atomic mass is 10.1. The van der Waals surface area contributed by atoms with E-state index in [1.807, 2.05) is 55.6 Å². The van der Waals surface area contributed by atoms with Gasteiger partial charge in [0.15, 0.2) is 11.5 Å². The summed E-state index contributed by atoms with van der Waals surface area (Å²) in [6.45, 7) is 4.53. The van der Waals surface area contributed by atoms with Crippen molar-refractivity contribution in [2.75, 3.05) is 18.5 Å². The van der Waals surface area contributed by atoms with Crippen molar-refractivity contribution >= 4 is 11.6 Å². The number of ether oxygens (including phenoxy) is 2. The number of carbonyl (C=O) groups excluding carboxylic acids is 1. The number of nitrogens with one attached hydrogen (secondary N) is 3. The molecule has 1 aromatic heterocycles. The fourth-order valence-corrected chi connectivity index (χ4v) is 3.39. The summed E-state index contributed by atoms with van der Waals surface area (Å²) in [7, 11) is 0. The number of benzene rings is 2. The predicted octanol–water partition coefficient (Wildman–Crippen LogP) is 3.88. The van der Waals surface area contributed by atoms with Gasteiger partial charge in [-0.1, -0.05) is 19.1 Å². The van der Waals surface area contributed by atoms with Crippen molar-refractivity contribution in [2.24, 2.45) is 0 Å². The number of aromatic nitrogens is 2. The Hall–Kier alpha value is -3.32. The molecule has 0 unspecified atom stereocenters. The third kappa shape index (κ3) is 4.80. The highest BCUT2D eigenvalue weighted by Gasteiger charge is 2.15. The zero-order valence-corrected chi connectivity index (χ0v) is 17.0. The van der Waals surface area contributed by atoms with Crippen LogP contribution in [0.5, 0.6) is 11.5 Å². The van der Waals surface area contributed by atoms with E-state index in [2.05, 4.69) is 20.8 Å². The average Bonchev–Trinajstić information content (AvgIpc) is 3.23. The second-order valence-electron chi connectivity index (χ2n) is 7.23. The molecule has 7 nitrogen and oxygen atoms in total. The van der Waals surface area contributed by atoms with E-state index in [4.69, 9.17) is 9.47 Å². The first-order chi connectivity index (χ1) is 14.7. The molecule has 1 aliphatic rings. The molecule has 3 aromatic rings. The molecule has 1 amide bonds. The van der Waals surface area contributed by atoms with Gasteiger partial charge in [-0.05, 0) is 42.3 Å². The SMILES string of the molecule is CCCC(=O)Nc1ccc(CNCc2cn[nH]c2-c2ccc3c(c2)OCCO3)cc1. The van der Waals surface area contributed by atoms with Crippen LogP contribution in [0.1, 0.15) is 30.9 Å². The second-order valence-corrected chi connectivity index (χ2v) is 7.23. The van der Waals surface area contributed by atoms with E-state index in [0.717, 1.165) is 52.5 Å². The molecule has 0 atom stereocenters. The van der Waals surface area contributed by atoms with Crippen LogP contribution in [-0.4, -0.2) is 29.3 Å². The number of carbonyl (C=O) groups is 1. The maximum absolute atomic E-state index is 11.7. The van der Waals surface area contributed by atoms with E-state index in [0.29, 0.717) is 26.2 Å². The molecular weight excluding hydrogens is 380 g/mol. The van der Waals surface area contributed by atoms with Gasteiger partial charge in [0.25, 0.3) is 0 Å². The molecule has 3 N–H and O–H groups in total. The standard InChI is InChI=1S/C23H26N4O3/c1-2-3-22(28)26-19-7-4-16(5-8-19)13-24-14-18-15-25-27-23(18)17-6-9-20-21(12-17)30-11-10-29-20/h4-9,12,15,24H,2-3,10-11,13-14H2,1H3,(H,25,27)(H,26,28). The first-order valence-electron chi connectivity index (χ1n) is 10.2. The van der Waals surface area contributed by atoms with E-state index < -0.39 is 0 Å². The topological polar surface area (TPSA) is 88.3 Å². The minimum absolute atomic E-state index is 0.0509. The van der Waals surface area contributed by atoms with Gasteiger partial charge in [0, 0.05) is 36.3 Å². The Morgan fingerprint density at radius 2 is 1.87 bits per heavy atom. The number of aromatic amines is 1. The molecule has 156 valence electrons. The van der Waals surface area contributed by atoms with Gasteiger partial charge < -0.3 is 20.1 Å². The summed E-state index contributed by atoms with van der Waals surface area (Å²) in [5.74, 6) is 1.59. The van der Waals surface area contributed by atoms with Crippen LogP contribution in [0.25, 0.3) is 11.3 Å². The van der Waals surface area contributed by atoms with Crippen molar-refractivity contribution in [3.63, 3.8) is 0 Å². The Labute approximate surface area is 175 Å². The van der Waals surface area contributed by atoms with Gasteiger partial charge in [-0.15, -0.1) is 0 Å². The molecule has 7 heteroatoms. The Morgan fingerprint density at radius 3 is 2.67 bits per heavy atom. The van der Waals surface area contributed by atoms with E-state index in [1.165, 1.54) is 0 Å². The maximum atomic E-state index is 11.7. The Kier molecular flexibility index (Phi) is 6.29. The van der Waals surface area contributed by atoms with Crippen LogP contribution in [0.4, 0.5) is 5.69 Å². The van der Waals surface area contributed by atoms with Gasteiger partial charge >= 0.3 is 0 Å². The first kappa shape index (κ1) is 20.0. The third-order valence-corrected chi connectivity index (χ3v) is 4.91. The van der Waals surface area contributed by atoms with E-state index in [-0.39, 0.29) is 5.91 Å². The van der Waals surface area contributed by atoms with Crippen molar-refractivity contribution in [1.82, 2.24) is 15.5 Å². The summed E-state index contributed by atoms with van der Waals surface area (Å²) in [5, 5.41) is 13.7. The second kappa shape index (κ2) is 9.45. The molecule has 0 fully saturated rings. The molecular formula is C23H26N4O3. The van der Waals surface area contributed by atoms with Gasteiger partial charge in [-0.3, -0.25) is 9.89 Å². The first-order valence-corrected chi connectivity index (χ1v) is 10.2.